The Kier molecular flexibility index (Phi) is 6.28. The molecular formula is C28H34N6O2. The van der Waals surface area contributed by atoms with Gasteiger partial charge in [-0.1, -0.05) is 25.1 Å². The number of piperidine rings is 1. The third kappa shape index (κ3) is 4.72. The van der Waals surface area contributed by atoms with E-state index in [0.29, 0.717) is 24.8 Å². The van der Waals surface area contributed by atoms with Crippen molar-refractivity contribution < 1.29 is 9.53 Å². The largest absolute Gasteiger partial charge is 0.444 e. The highest BCUT2D eigenvalue weighted by Gasteiger charge is 2.28. The van der Waals surface area contributed by atoms with Crippen molar-refractivity contribution in [3.63, 3.8) is 0 Å². The summed E-state index contributed by atoms with van der Waals surface area (Å²) < 4.78 is 7.89. The molecule has 0 atom stereocenters. The topological polar surface area (TPSA) is 99.2 Å². The maximum absolute atomic E-state index is 12.5. The van der Waals surface area contributed by atoms with Crippen molar-refractivity contribution in [3.05, 3.63) is 48.5 Å². The Balaban J connectivity index is 1.45. The molecule has 1 aliphatic heterocycles. The number of benzene rings is 1. The maximum Gasteiger partial charge on any atom is 0.410 e. The van der Waals surface area contributed by atoms with Gasteiger partial charge < -0.3 is 19.9 Å². The number of nitrogens with two attached hydrogens (primary N) is 1. The van der Waals surface area contributed by atoms with Crippen molar-refractivity contribution in [2.24, 2.45) is 5.92 Å². The van der Waals surface area contributed by atoms with Gasteiger partial charge in [-0.15, -0.1) is 0 Å². The summed E-state index contributed by atoms with van der Waals surface area (Å²) in [7, 11) is 0. The average molecular weight is 487 g/mol. The number of nitrogen functional groups attached to an aromatic ring is 1. The first-order chi connectivity index (χ1) is 17.2. The quantitative estimate of drug-likeness (QED) is 0.412. The van der Waals surface area contributed by atoms with Crippen LogP contribution >= 0.6 is 0 Å². The van der Waals surface area contributed by atoms with Gasteiger partial charge in [0.25, 0.3) is 0 Å². The van der Waals surface area contributed by atoms with Crippen LogP contribution in [-0.4, -0.2) is 49.2 Å². The third-order valence-corrected chi connectivity index (χ3v) is 6.80. The zero-order valence-corrected chi connectivity index (χ0v) is 21.5. The van der Waals surface area contributed by atoms with E-state index in [2.05, 4.69) is 34.7 Å². The van der Waals surface area contributed by atoms with Crippen LogP contribution < -0.4 is 5.73 Å². The molecule has 8 heteroatoms. The Bertz CT molecular complexity index is 1400. The molecule has 4 aromatic rings. The second-order valence-corrected chi connectivity index (χ2v) is 10.6. The number of pyridine rings is 2. The number of hydrogen-bond donors (Lipinski definition) is 1. The van der Waals surface area contributed by atoms with Gasteiger partial charge in [-0.25, -0.2) is 14.8 Å². The number of hydrogen-bond acceptors (Lipinski definition) is 6. The molecule has 3 aromatic heterocycles. The summed E-state index contributed by atoms with van der Waals surface area (Å²) in [5.41, 5.74) is 10.7. The third-order valence-electron chi connectivity index (χ3n) is 6.80. The molecule has 5 rings (SSSR count). The number of aryl methyl sites for hydroxylation is 1. The van der Waals surface area contributed by atoms with E-state index in [1.165, 1.54) is 0 Å². The minimum absolute atomic E-state index is 0.224. The molecule has 1 fully saturated rings. The fourth-order valence-corrected chi connectivity index (χ4v) is 5.02. The Morgan fingerprint density at radius 1 is 1.14 bits per heavy atom. The molecule has 1 saturated heterocycles. The Labute approximate surface area is 211 Å². The Morgan fingerprint density at radius 3 is 2.58 bits per heavy atom. The van der Waals surface area contributed by atoms with Crippen molar-refractivity contribution in [2.75, 3.05) is 18.8 Å². The molecule has 0 radical (unpaired) electrons. The molecule has 4 heterocycles. The first kappa shape index (κ1) is 24.0. The molecule has 1 amide bonds. The molecule has 0 aliphatic carbocycles. The molecule has 0 saturated carbocycles. The lowest BCUT2D eigenvalue weighted by Crippen LogP contribution is -2.42. The Morgan fingerprint density at radius 2 is 1.92 bits per heavy atom. The lowest BCUT2D eigenvalue weighted by molar-refractivity contribution is 0.0178. The van der Waals surface area contributed by atoms with E-state index in [1.54, 1.807) is 6.20 Å². The molecule has 0 spiro atoms. The maximum atomic E-state index is 12.5. The van der Waals surface area contributed by atoms with Gasteiger partial charge in [-0.2, -0.15) is 0 Å². The minimum atomic E-state index is -0.481. The Hall–Kier alpha value is -3.68. The number of likely N-dealkylation sites (tertiary alicyclic amines) is 1. The van der Waals surface area contributed by atoms with E-state index in [9.17, 15) is 4.79 Å². The second kappa shape index (κ2) is 9.41. The molecule has 2 N–H and O–H groups in total. The van der Waals surface area contributed by atoms with Crippen LogP contribution in [0.25, 0.3) is 33.1 Å². The van der Waals surface area contributed by atoms with Crippen LogP contribution in [0, 0.1) is 5.92 Å². The number of nitrogens with zero attached hydrogens (tertiary/aromatic N) is 5. The van der Waals surface area contributed by atoms with Gasteiger partial charge in [-0.3, -0.25) is 4.98 Å². The van der Waals surface area contributed by atoms with E-state index in [-0.39, 0.29) is 6.09 Å². The molecule has 1 aliphatic rings. The van der Waals surface area contributed by atoms with Crippen LogP contribution in [0.1, 0.15) is 46.4 Å². The van der Waals surface area contributed by atoms with Crippen molar-refractivity contribution in [3.8, 4) is 11.1 Å². The van der Waals surface area contributed by atoms with E-state index in [4.69, 9.17) is 20.4 Å². The van der Waals surface area contributed by atoms with Crippen molar-refractivity contribution >= 4 is 33.8 Å². The number of ether oxygens (including phenoxy) is 1. The van der Waals surface area contributed by atoms with Crippen molar-refractivity contribution in [1.29, 1.82) is 0 Å². The fourth-order valence-electron chi connectivity index (χ4n) is 5.02. The van der Waals surface area contributed by atoms with Crippen LogP contribution in [-0.2, 0) is 17.7 Å². The van der Waals surface area contributed by atoms with Gasteiger partial charge >= 0.3 is 6.09 Å². The molecule has 0 bridgehead atoms. The number of carbonyl (C=O) groups is 1. The summed E-state index contributed by atoms with van der Waals surface area (Å²) in [5, 5.41) is 1.05. The van der Waals surface area contributed by atoms with Crippen LogP contribution in [0.2, 0.25) is 0 Å². The lowest BCUT2D eigenvalue weighted by Gasteiger charge is -2.33. The number of carbonyl (C=O) groups excluding carboxylic acids is 1. The van der Waals surface area contributed by atoms with Gasteiger partial charge in [0.1, 0.15) is 16.9 Å². The predicted molar refractivity (Wildman–Crippen MR) is 143 cm³/mol. The minimum Gasteiger partial charge on any atom is -0.444 e. The number of fused-ring (bicyclic) bond motifs is 3. The van der Waals surface area contributed by atoms with Gasteiger partial charge in [-0.05, 0) is 57.2 Å². The predicted octanol–water partition coefficient (Wildman–Crippen LogP) is 5.44. The van der Waals surface area contributed by atoms with Gasteiger partial charge in [0, 0.05) is 49.4 Å². The first-order valence-corrected chi connectivity index (χ1v) is 12.7. The van der Waals surface area contributed by atoms with Crippen LogP contribution in [0.15, 0.2) is 42.7 Å². The van der Waals surface area contributed by atoms with Gasteiger partial charge in [0.05, 0.1) is 11.0 Å². The lowest BCUT2D eigenvalue weighted by atomic mass is 9.96. The molecule has 36 heavy (non-hydrogen) atoms. The van der Waals surface area contributed by atoms with E-state index < -0.39 is 5.60 Å². The van der Waals surface area contributed by atoms with Crippen LogP contribution in [0.3, 0.4) is 0 Å². The summed E-state index contributed by atoms with van der Waals surface area (Å²) in [5.74, 6) is 1.90. The molecule has 188 valence electrons. The van der Waals surface area contributed by atoms with Gasteiger partial charge in [0.15, 0.2) is 5.82 Å². The monoisotopic (exact) mass is 486 g/mol. The summed E-state index contributed by atoms with van der Waals surface area (Å²) in [6, 6.07) is 10.3. The number of aromatic nitrogens is 4. The highest BCUT2D eigenvalue weighted by Crippen LogP contribution is 2.33. The summed E-state index contributed by atoms with van der Waals surface area (Å²) in [6.07, 6.45) is 6.05. The standard InChI is InChI=1S/C28H34N6O2/c1-5-23-32-24-25(34(23)17-18-10-13-33(14-11-18)27(35)36-28(2,3)4)21-9-8-19(15-22(21)31-26(24)29)20-7-6-12-30-16-20/h6-9,12,15-16,18H,5,10-11,13-14,17H2,1-4H3,(H2,29,31). The molecule has 8 nitrogen and oxygen atoms in total. The van der Waals surface area contributed by atoms with E-state index in [1.807, 2.05) is 44.0 Å². The number of anilines is 1. The molecular weight excluding hydrogens is 452 g/mol. The molecule has 0 unspecified atom stereocenters. The SMILES string of the molecule is CCc1nc2c(N)nc3cc(-c4cccnc4)ccc3c2n1CC1CCN(C(=O)OC(C)(C)C)CC1. The smallest absolute Gasteiger partial charge is 0.410 e. The fraction of sp³-hybridized carbons (Fsp3) is 0.429. The van der Waals surface area contributed by atoms with Crippen molar-refractivity contribution in [1.82, 2.24) is 24.4 Å². The first-order valence-electron chi connectivity index (χ1n) is 12.7. The zero-order chi connectivity index (χ0) is 25.4. The highest BCUT2D eigenvalue weighted by molar-refractivity contribution is 6.07. The number of rotatable bonds is 4. The van der Waals surface area contributed by atoms with Crippen LogP contribution in [0.5, 0.6) is 0 Å². The number of amides is 1. The second-order valence-electron chi connectivity index (χ2n) is 10.6. The highest BCUT2D eigenvalue weighted by atomic mass is 16.6. The van der Waals surface area contributed by atoms with Gasteiger partial charge in [0.2, 0.25) is 0 Å². The zero-order valence-electron chi connectivity index (χ0n) is 21.5. The average Bonchev–Trinajstić information content (AvgIpc) is 3.23. The van der Waals surface area contributed by atoms with Crippen molar-refractivity contribution in [2.45, 2.75) is 59.1 Å². The van der Waals surface area contributed by atoms with E-state index >= 15 is 0 Å². The van der Waals surface area contributed by atoms with Crippen LogP contribution in [0.4, 0.5) is 10.6 Å². The number of imidazole rings is 1. The summed E-state index contributed by atoms with van der Waals surface area (Å²) in [4.78, 5) is 28.2. The van der Waals surface area contributed by atoms with E-state index in [0.717, 1.165) is 64.7 Å². The molecule has 1 aromatic carbocycles. The summed E-state index contributed by atoms with van der Waals surface area (Å²) >= 11 is 0. The summed E-state index contributed by atoms with van der Waals surface area (Å²) in [6.45, 7) is 10.1. The normalized spacial score (nSPS) is 15.1.